The van der Waals surface area contributed by atoms with Crippen molar-refractivity contribution in [2.24, 2.45) is 0 Å². The van der Waals surface area contributed by atoms with Crippen molar-refractivity contribution in [3.8, 4) is 0 Å². The van der Waals surface area contributed by atoms with E-state index in [1.807, 2.05) is 36.1 Å². The first-order chi connectivity index (χ1) is 8.63. The number of thiazole rings is 1. The molecular formula is C12H13N5S. The predicted octanol–water partition coefficient (Wildman–Crippen LogP) is 2.14. The van der Waals surface area contributed by atoms with Gasteiger partial charge in [0.25, 0.3) is 0 Å². The summed E-state index contributed by atoms with van der Waals surface area (Å²) >= 11 is 1.63. The number of rotatable bonds is 2. The van der Waals surface area contributed by atoms with Gasteiger partial charge in [0, 0.05) is 17.3 Å². The molecule has 3 rings (SSSR count). The minimum atomic E-state index is 0.482. The van der Waals surface area contributed by atoms with Crippen molar-refractivity contribution in [2.75, 3.05) is 5.73 Å². The number of anilines is 1. The summed E-state index contributed by atoms with van der Waals surface area (Å²) in [7, 11) is 0. The zero-order chi connectivity index (χ0) is 12.7. The van der Waals surface area contributed by atoms with Gasteiger partial charge in [0.2, 0.25) is 5.95 Å². The molecule has 6 heteroatoms. The molecule has 0 unspecified atom stereocenters. The number of aryl methyl sites for hydroxylation is 2. The van der Waals surface area contributed by atoms with E-state index >= 15 is 0 Å². The maximum absolute atomic E-state index is 5.95. The number of hydrogen-bond donors (Lipinski definition) is 1. The summed E-state index contributed by atoms with van der Waals surface area (Å²) in [5, 5.41) is 3.04. The van der Waals surface area contributed by atoms with Gasteiger partial charge in [-0.05, 0) is 25.5 Å². The van der Waals surface area contributed by atoms with Crippen LogP contribution in [-0.2, 0) is 6.54 Å². The first kappa shape index (κ1) is 11.2. The Morgan fingerprint density at radius 2 is 2.17 bits per heavy atom. The highest BCUT2D eigenvalue weighted by Crippen LogP contribution is 2.19. The van der Waals surface area contributed by atoms with E-state index in [9.17, 15) is 0 Å². The van der Waals surface area contributed by atoms with Crippen LogP contribution in [0.25, 0.3) is 11.2 Å². The van der Waals surface area contributed by atoms with Gasteiger partial charge in [-0.15, -0.1) is 11.3 Å². The van der Waals surface area contributed by atoms with E-state index in [0.29, 0.717) is 12.5 Å². The number of pyridine rings is 1. The lowest BCUT2D eigenvalue weighted by Gasteiger charge is -2.02. The van der Waals surface area contributed by atoms with E-state index < -0.39 is 0 Å². The molecule has 0 aliphatic heterocycles. The zero-order valence-electron chi connectivity index (χ0n) is 10.2. The lowest BCUT2D eigenvalue weighted by atomic mass is 10.3. The molecule has 92 valence electrons. The molecule has 0 saturated heterocycles. The molecule has 3 aromatic heterocycles. The van der Waals surface area contributed by atoms with E-state index in [4.69, 9.17) is 5.73 Å². The molecule has 0 radical (unpaired) electrons. The lowest BCUT2D eigenvalue weighted by molar-refractivity contribution is 0.816. The van der Waals surface area contributed by atoms with E-state index in [1.165, 1.54) is 0 Å². The van der Waals surface area contributed by atoms with Gasteiger partial charge in [0.1, 0.15) is 10.5 Å². The number of fused-ring (bicyclic) bond motifs is 1. The molecule has 0 aliphatic rings. The number of nitrogen functional groups attached to an aromatic ring is 1. The average Bonchev–Trinajstić information content (AvgIpc) is 2.84. The van der Waals surface area contributed by atoms with Crippen LogP contribution >= 0.6 is 11.3 Å². The maximum Gasteiger partial charge on any atom is 0.202 e. The molecule has 0 spiro atoms. The molecule has 18 heavy (non-hydrogen) atoms. The number of aromatic nitrogens is 4. The Hall–Kier alpha value is -1.95. The second-order valence-electron chi connectivity index (χ2n) is 4.29. The summed E-state index contributed by atoms with van der Waals surface area (Å²) in [6, 6.07) is 1.99. The Balaban J connectivity index is 2.08. The van der Waals surface area contributed by atoms with Crippen LogP contribution < -0.4 is 5.73 Å². The minimum Gasteiger partial charge on any atom is -0.369 e. The molecule has 0 bridgehead atoms. The third kappa shape index (κ3) is 1.84. The molecule has 0 saturated carbocycles. The smallest absolute Gasteiger partial charge is 0.202 e. The quantitative estimate of drug-likeness (QED) is 0.765. The first-order valence-corrected chi connectivity index (χ1v) is 6.51. The van der Waals surface area contributed by atoms with Crippen LogP contribution in [0, 0.1) is 13.8 Å². The summed E-state index contributed by atoms with van der Waals surface area (Å²) in [5.41, 5.74) is 9.70. The van der Waals surface area contributed by atoms with Gasteiger partial charge in [-0.25, -0.2) is 15.0 Å². The SMILES string of the molecule is Cc1cnc2c(c1)nc(N)n2Cc1nc(C)cs1. The molecule has 3 aromatic rings. The molecule has 0 atom stereocenters. The summed E-state index contributed by atoms with van der Waals surface area (Å²) in [6.45, 7) is 4.60. The van der Waals surface area contributed by atoms with E-state index in [-0.39, 0.29) is 0 Å². The predicted molar refractivity (Wildman–Crippen MR) is 72.6 cm³/mol. The molecule has 3 heterocycles. The van der Waals surface area contributed by atoms with Gasteiger partial charge < -0.3 is 5.73 Å². The molecule has 0 fully saturated rings. The summed E-state index contributed by atoms with van der Waals surface area (Å²) in [4.78, 5) is 13.2. The zero-order valence-corrected chi connectivity index (χ0v) is 11.0. The van der Waals surface area contributed by atoms with Gasteiger partial charge >= 0.3 is 0 Å². The normalized spacial score (nSPS) is 11.2. The van der Waals surface area contributed by atoms with Crippen molar-refractivity contribution in [3.63, 3.8) is 0 Å². The first-order valence-electron chi connectivity index (χ1n) is 5.63. The Kier molecular flexibility index (Phi) is 2.52. The van der Waals surface area contributed by atoms with Crippen LogP contribution in [0.1, 0.15) is 16.3 Å². The van der Waals surface area contributed by atoms with Crippen LogP contribution in [0.4, 0.5) is 5.95 Å². The third-order valence-corrected chi connectivity index (χ3v) is 3.66. The van der Waals surface area contributed by atoms with Crippen LogP contribution in [0.5, 0.6) is 0 Å². The fraction of sp³-hybridized carbons (Fsp3) is 0.250. The van der Waals surface area contributed by atoms with Gasteiger partial charge in [0.05, 0.1) is 6.54 Å². The second-order valence-corrected chi connectivity index (χ2v) is 5.24. The van der Waals surface area contributed by atoms with E-state index in [1.54, 1.807) is 11.3 Å². The van der Waals surface area contributed by atoms with E-state index in [2.05, 4.69) is 15.0 Å². The topological polar surface area (TPSA) is 69.6 Å². The Morgan fingerprint density at radius 3 is 2.89 bits per heavy atom. The third-order valence-electron chi connectivity index (χ3n) is 2.71. The molecule has 5 nitrogen and oxygen atoms in total. The van der Waals surface area contributed by atoms with Gasteiger partial charge in [-0.1, -0.05) is 0 Å². The van der Waals surface area contributed by atoms with Gasteiger partial charge in [-0.3, -0.25) is 4.57 Å². The molecule has 2 N–H and O–H groups in total. The van der Waals surface area contributed by atoms with Crippen molar-refractivity contribution >= 4 is 28.4 Å². The second kappa shape index (κ2) is 4.06. The maximum atomic E-state index is 5.95. The summed E-state index contributed by atoms with van der Waals surface area (Å²) in [5.74, 6) is 0.482. The largest absolute Gasteiger partial charge is 0.369 e. The number of imidazole rings is 1. The van der Waals surface area contributed by atoms with Crippen molar-refractivity contribution < 1.29 is 0 Å². The van der Waals surface area contributed by atoms with Crippen molar-refractivity contribution in [3.05, 3.63) is 33.9 Å². The van der Waals surface area contributed by atoms with Crippen LogP contribution in [0.15, 0.2) is 17.6 Å². The number of nitrogens with two attached hydrogens (primary N) is 1. The van der Waals surface area contributed by atoms with Gasteiger partial charge in [0.15, 0.2) is 5.65 Å². The highest BCUT2D eigenvalue weighted by Gasteiger charge is 2.11. The minimum absolute atomic E-state index is 0.482. The number of nitrogens with zero attached hydrogens (tertiary/aromatic N) is 4. The fourth-order valence-corrected chi connectivity index (χ4v) is 2.66. The van der Waals surface area contributed by atoms with E-state index in [0.717, 1.165) is 27.4 Å². The van der Waals surface area contributed by atoms with Gasteiger partial charge in [-0.2, -0.15) is 0 Å². The lowest BCUT2D eigenvalue weighted by Crippen LogP contribution is -2.05. The summed E-state index contributed by atoms with van der Waals surface area (Å²) in [6.07, 6.45) is 1.83. The van der Waals surface area contributed by atoms with Crippen LogP contribution in [-0.4, -0.2) is 19.5 Å². The highest BCUT2D eigenvalue weighted by molar-refractivity contribution is 7.09. The molecule has 0 aliphatic carbocycles. The summed E-state index contributed by atoms with van der Waals surface area (Å²) < 4.78 is 1.90. The fourth-order valence-electron chi connectivity index (χ4n) is 1.90. The van der Waals surface area contributed by atoms with Crippen LogP contribution in [0.3, 0.4) is 0 Å². The molecule has 0 amide bonds. The molecular weight excluding hydrogens is 246 g/mol. The Morgan fingerprint density at radius 1 is 1.33 bits per heavy atom. The standard InChI is InChI=1S/C12H13N5S/c1-7-3-9-11(14-4-7)17(12(13)16-9)5-10-15-8(2)6-18-10/h3-4,6H,5H2,1-2H3,(H2,13,16). The van der Waals surface area contributed by atoms with Crippen LogP contribution in [0.2, 0.25) is 0 Å². The van der Waals surface area contributed by atoms with Crippen molar-refractivity contribution in [2.45, 2.75) is 20.4 Å². The Labute approximate surface area is 108 Å². The Bertz CT molecular complexity index is 712. The average molecular weight is 259 g/mol. The number of hydrogen-bond acceptors (Lipinski definition) is 5. The monoisotopic (exact) mass is 259 g/mol. The van der Waals surface area contributed by atoms with Crippen molar-refractivity contribution in [1.29, 1.82) is 0 Å². The highest BCUT2D eigenvalue weighted by atomic mass is 32.1. The molecule has 0 aromatic carbocycles. The van der Waals surface area contributed by atoms with Crippen molar-refractivity contribution in [1.82, 2.24) is 19.5 Å².